The number of halogens is 3. The molecule has 0 fully saturated rings. The average Bonchev–Trinajstić information content (AvgIpc) is 3.03. The van der Waals surface area contributed by atoms with Crippen LogP contribution in [0.3, 0.4) is 0 Å². The molecule has 49 heavy (non-hydrogen) atoms. The number of phosphoric ester groups is 1. The number of rotatable bonds is 12. The number of aromatic nitrogens is 2. The zero-order valence-electron chi connectivity index (χ0n) is 25.6. The number of nitrogens with two attached hydrogens (primary N) is 1. The summed E-state index contributed by atoms with van der Waals surface area (Å²) in [6.45, 7) is 5.30. The molecule has 10 N–H and O–H groups in total. The van der Waals surface area contributed by atoms with Crippen LogP contribution in [-0.4, -0.2) is 45.6 Å². The standard InChI is InChI=1S/C25H19ClF2N3O7P.C2H7N3O.C2H5O.H3N/c26-23-22(7-8-30-25(23)29)38-21-6-1-14(9-19(21)28)10-20(32)18-12-31(13-37-39(34,35)36)11-17(24(18)33)15-2-4-16(27)5-3-15;1-3-5-4-2-6;1-2-3;/h1-9,11-12H,10,13H2,(H2,29,30)(H2,34,35,36);4-6H,1-2H2;3H,1-2H2;1H3/q;;+1;/p-1. The number of carbonyl (C=O) groups is 1. The maximum absolute atomic E-state index is 14.8. The summed E-state index contributed by atoms with van der Waals surface area (Å²) in [5.74, 6) is -2.31. The summed E-state index contributed by atoms with van der Waals surface area (Å²) in [4.78, 5) is 51.9. The van der Waals surface area contributed by atoms with Crippen molar-refractivity contribution in [2.75, 3.05) is 19.1 Å². The molecule has 4 aromatic rings. The number of Topliss-reactive ketones (excluding diaryl/α,β-unsaturated/α-hetero) is 1. The normalized spacial score (nSPS) is 10.3. The van der Waals surface area contributed by atoms with E-state index in [1.807, 2.05) is 0 Å². The van der Waals surface area contributed by atoms with E-state index < -0.39 is 49.4 Å². The van der Waals surface area contributed by atoms with Gasteiger partial charge in [0.05, 0.1) is 20.3 Å². The van der Waals surface area contributed by atoms with E-state index in [0.29, 0.717) is 0 Å². The number of pyridine rings is 2. The van der Waals surface area contributed by atoms with Crippen molar-refractivity contribution in [2.24, 2.45) is 0 Å². The minimum atomic E-state index is -5.38. The summed E-state index contributed by atoms with van der Waals surface area (Å²) < 4.78 is 49.8. The van der Waals surface area contributed by atoms with Gasteiger partial charge in [0.15, 0.2) is 41.9 Å². The number of ether oxygens (including phenoxy) is 1. The van der Waals surface area contributed by atoms with E-state index >= 15 is 0 Å². The second-order valence-electron chi connectivity index (χ2n) is 8.98. The first-order valence-corrected chi connectivity index (χ1v) is 15.1. The largest absolute Gasteiger partial charge is 0.790 e. The number of hydrogen-bond donors (Lipinski definition) is 7. The lowest BCUT2D eigenvalue weighted by molar-refractivity contribution is -0.530. The summed E-state index contributed by atoms with van der Waals surface area (Å²) in [5, 5.41) is 17.7. The molecule has 0 aliphatic heterocycles. The molecule has 0 radical (unpaired) electrons. The van der Waals surface area contributed by atoms with Crippen LogP contribution in [0.5, 0.6) is 11.5 Å². The zero-order valence-corrected chi connectivity index (χ0v) is 27.3. The molecule has 0 aliphatic rings. The van der Waals surface area contributed by atoms with Crippen molar-refractivity contribution >= 4 is 37.7 Å². The van der Waals surface area contributed by atoms with Gasteiger partial charge >= 0.3 is 0 Å². The van der Waals surface area contributed by atoms with Crippen LogP contribution in [0.1, 0.15) is 15.9 Å². The van der Waals surface area contributed by atoms with Crippen LogP contribution in [0, 0.1) is 18.6 Å². The predicted octanol–water partition coefficient (Wildman–Crippen LogP) is 0.146. The number of anilines is 1. The van der Waals surface area contributed by atoms with Crippen LogP contribution < -0.4 is 47.9 Å². The average molecular weight is 728 g/mol. The van der Waals surface area contributed by atoms with Crippen LogP contribution in [0.25, 0.3) is 11.1 Å². The highest BCUT2D eigenvalue weighted by atomic mass is 35.5. The van der Waals surface area contributed by atoms with E-state index in [1.165, 1.54) is 36.5 Å². The summed E-state index contributed by atoms with van der Waals surface area (Å²) in [7, 11) is -5.38. The first-order valence-electron chi connectivity index (χ1n) is 13.3. The Balaban J connectivity index is 0.00000107. The fraction of sp³-hybridized carbons (Fsp3) is 0.138. The van der Waals surface area contributed by atoms with Gasteiger partial charge in [0.2, 0.25) is 0 Å². The minimum Gasteiger partial charge on any atom is -0.790 e. The van der Waals surface area contributed by atoms with E-state index in [9.17, 15) is 32.7 Å². The number of benzene rings is 2. The molecule has 0 atom stereocenters. The van der Waals surface area contributed by atoms with Gasteiger partial charge in [0.25, 0.3) is 0 Å². The number of hydrazine groups is 2. The summed E-state index contributed by atoms with van der Waals surface area (Å²) >= 11 is 6.01. The third kappa shape index (κ3) is 13.7. The lowest BCUT2D eigenvalue weighted by atomic mass is 9.99. The Labute approximate surface area is 283 Å². The van der Waals surface area contributed by atoms with Crippen LogP contribution in [0.15, 0.2) is 71.9 Å². The van der Waals surface area contributed by atoms with Gasteiger partial charge in [0, 0.05) is 36.6 Å². The third-order valence-electron chi connectivity index (χ3n) is 5.62. The molecule has 2 aromatic heterocycles. The predicted molar refractivity (Wildman–Crippen MR) is 172 cm³/mol. The molecule has 0 bridgehead atoms. The van der Waals surface area contributed by atoms with Gasteiger partial charge in [0.1, 0.15) is 30.1 Å². The Hall–Kier alpha value is -4.75. The lowest BCUT2D eigenvalue weighted by Crippen LogP contribution is -2.81. The van der Waals surface area contributed by atoms with Crippen LogP contribution in [0.2, 0.25) is 5.02 Å². The molecule has 0 aliphatic carbocycles. The molecule has 4 rings (SSSR count). The summed E-state index contributed by atoms with van der Waals surface area (Å²) in [6.07, 6.45) is 3.07. The van der Waals surface area contributed by atoms with Gasteiger partial charge in [-0.2, -0.15) is 5.43 Å². The lowest BCUT2D eigenvalue weighted by Gasteiger charge is -2.29. The van der Waals surface area contributed by atoms with E-state index in [0.717, 1.165) is 35.2 Å². The number of aliphatic hydroxyl groups excluding tert-OH is 2. The molecule has 0 saturated heterocycles. The number of phosphoric acid groups is 1. The molecule has 0 spiro atoms. The van der Waals surface area contributed by atoms with Crippen molar-refractivity contribution in [1.82, 2.24) is 26.7 Å². The van der Waals surface area contributed by atoms with Crippen molar-refractivity contribution < 1.29 is 52.5 Å². The number of nitrogen functional groups attached to an aromatic ring is 1. The van der Waals surface area contributed by atoms with Crippen molar-refractivity contribution in [3.63, 3.8) is 0 Å². The van der Waals surface area contributed by atoms with E-state index in [2.05, 4.69) is 39.2 Å². The second kappa shape index (κ2) is 20.6. The third-order valence-corrected chi connectivity index (χ3v) is 6.43. The molecule has 20 heteroatoms. The first-order chi connectivity index (χ1) is 22.7. The van der Waals surface area contributed by atoms with Gasteiger partial charge in [-0.3, -0.25) is 9.59 Å². The highest BCUT2D eigenvalue weighted by Crippen LogP contribution is 2.33. The fourth-order valence-electron chi connectivity index (χ4n) is 3.64. The topological polar surface area (TPSA) is 273 Å². The number of hydrazone groups is 1. The van der Waals surface area contributed by atoms with Gasteiger partial charge in [-0.05, 0) is 35.4 Å². The number of nitrogens with one attached hydrogen (secondary N) is 3. The molecular weight excluding hydrogens is 695 g/mol. The second-order valence-corrected chi connectivity index (χ2v) is 10.5. The summed E-state index contributed by atoms with van der Waals surface area (Å²) in [6, 6.07) is 9.82. The summed E-state index contributed by atoms with van der Waals surface area (Å²) in [5.41, 5.74) is 9.46. The van der Waals surface area contributed by atoms with E-state index in [1.54, 1.807) is 0 Å². The molecule has 2 heterocycles. The number of hydrogen-bond acceptors (Lipinski definition) is 14. The maximum atomic E-state index is 14.8. The molecule has 0 unspecified atom stereocenters. The Morgan fingerprint density at radius 2 is 1.80 bits per heavy atom. The van der Waals surface area contributed by atoms with Gasteiger partial charge in [-0.1, -0.05) is 29.8 Å². The number of ketones is 1. The molecule has 16 nitrogen and oxygen atoms in total. The Morgan fingerprint density at radius 3 is 2.35 bits per heavy atom. The molecule has 0 amide bonds. The Morgan fingerprint density at radius 1 is 1.14 bits per heavy atom. The van der Waals surface area contributed by atoms with Gasteiger partial charge < -0.3 is 50.3 Å². The Bertz CT molecular complexity index is 1800. The maximum Gasteiger partial charge on any atom is 0.200 e. The number of carbonyl (C=O) groups excluding carboxylic acids is 1. The minimum absolute atomic E-state index is 0. The van der Waals surface area contributed by atoms with Crippen LogP contribution >= 0.6 is 19.4 Å². The first kappa shape index (κ1) is 42.3. The molecule has 0 saturated carbocycles. The fourth-order valence-corrected chi connectivity index (χ4v) is 4.06. The van der Waals surface area contributed by atoms with Crippen molar-refractivity contribution in [3.05, 3.63) is 112 Å². The van der Waals surface area contributed by atoms with Gasteiger partial charge in [-0.15, -0.1) is 10.6 Å². The van der Waals surface area contributed by atoms with Crippen LogP contribution in [-0.2, 0) is 22.2 Å². The van der Waals surface area contributed by atoms with Gasteiger partial charge in [-0.25, -0.2) is 13.8 Å². The smallest absolute Gasteiger partial charge is 0.200 e. The molecule has 2 aromatic carbocycles. The highest BCUT2D eigenvalue weighted by Gasteiger charge is 2.18. The quantitative estimate of drug-likeness (QED) is 0.0195. The van der Waals surface area contributed by atoms with Crippen molar-refractivity contribution in [3.8, 4) is 22.6 Å². The van der Waals surface area contributed by atoms with Crippen molar-refractivity contribution in [1.29, 1.82) is 0 Å². The molecular formula is C29H33ClF2N7O9P. The van der Waals surface area contributed by atoms with Crippen LogP contribution in [0.4, 0.5) is 14.6 Å². The highest BCUT2D eigenvalue weighted by molar-refractivity contribution is 7.43. The van der Waals surface area contributed by atoms with E-state index in [4.69, 9.17) is 32.3 Å². The number of aliphatic hydroxyl groups is 2. The number of nitrogens with zero attached hydrogens (tertiary/aromatic N) is 2. The Kier molecular flexibility index (Phi) is 17.8. The monoisotopic (exact) mass is 727 g/mol. The zero-order chi connectivity index (χ0) is 35.9. The van der Waals surface area contributed by atoms with E-state index in [-0.39, 0.29) is 58.5 Å². The van der Waals surface area contributed by atoms with Crippen molar-refractivity contribution in [2.45, 2.75) is 13.2 Å². The SMILES string of the molecule is C=[NH+]NNCO.N.Nc1nccc(Oc2ccc(CC(=O)c3cn(COP(=O)([O-])[O-])cc(-c4ccc(F)cc4)c3=O)cc2F)c1Cl.[CH2+]CO. The molecule has 264 valence electrons.